The molecule has 13 heteroatoms. The van der Waals surface area contributed by atoms with E-state index in [-0.39, 0.29) is 37.8 Å². The normalized spacial score (nSPS) is 18.1. The van der Waals surface area contributed by atoms with Gasteiger partial charge in [0.15, 0.2) is 5.79 Å². The highest BCUT2D eigenvalue weighted by Crippen LogP contribution is 2.35. The number of likely N-dealkylation sites (tertiary alicyclic amines) is 1. The number of hydrogen-bond acceptors (Lipinski definition) is 8. The van der Waals surface area contributed by atoms with Crippen LogP contribution in [-0.4, -0.2) is 77.1 Å². The molecule has 220 valence electrons. The average Bonchev–Trinajstić information content (AvgIpc) is 3.75. The number of nitrogens with one attached hydrogen (secondary N) is 3. The fourth-order valence-corrected chi connectivity index (χ4v) is 6.30. The second kappa shape index (κ2) is 12.5. The molecule has 2 aliphatic rings. The number of nitrogens with two attached hydrogens (primary N) is 1. The zero-order valence-electron chi connectivity index (χ0n) is 22.9. The Balaban J connectivity index is 1.20. The Labute approximate surface area is 249 Å². The van der Waals surface area contributed by atoms with Crippen molar-refractivity contribution in [1.29, 1.82) is 5.41 Å². The highest BCUT2D eigenvalue weighted by molar-refractivity contribution is 7.84. The minimum atomic E-state index is -1.06. The average molecular weight is 610 g/mol. The van der Waals surface area contributed by atoms with Crippen molar-refractivity contribution in [3.8, 4) is 11.1 Å². The van der Waals surface area contributed by atoms with Gasteiger partial charge in [0.25, 0.3) is 5.91 Å². The number of ether oxygens (including phenoxy) is 2. The van der Waals surface area contributed by atoms with Gasteiger partial charge in [-0.15, -0.1) is 11.3 Å². The van der Waals surface area contributed by atoms with Crippen LogP contribution in [0.5, 0.6) is 0 Å². The van der Waals surface area contributed by atoms with Crippen LogP contribution in [0, 0.1) is 5.41 Å². The fraction of sp³-hybridized carbons (Fsp3) is 0.310. The second-order valence-electron chi connectivity index (χ2n) is 10.0. The van der Waals surface area contributed by atoms with E-state index in [9.17, 15) is 18.6 Å². The first-order valence-corrected chi connectivity index (χ1v) is 15.7. The molecule has 2 saturated heterocycles. The van der Waals surface area contributed by atoms with Gasteiger partial charge in [-0.25, -0.2) is 0 Å². The summed E-state index contributed by atoms with van der Waals surface area (Å²) in [6.45, 7) is 0.733. The number of benzene rings is 2. The molecule has 0 radical (unpaired) electrons. The molecule has 2 aromatic carbocycles. The van der Waals surface area contributed by atoms with Crippen molar-refractivity contribution in [2.45, 2.75) is 29.7 Å². The number of nitrogen functional groups attached to an aromatic ring is 1. The van der Waals surface area contributed by atoms with E-state index in [4.69, 9.17) is 20.6 Å². The summed E-state index contributed by atoms with van der Waals surface area (Å²) < 4.78 is 23.2. The Morgan fingerprint density at radius 2 is 1.69 bits per heavy atom. The summed E-state index contributed by atoms with van der Waals surface area (Å²) in [7, 11) is -1.06. The molecule has 0 bridgehead atoms. The van der Waals surface area contributed by atoms with E-state index < -0.39 is 34.4 Å². The number of thiophene rings is 1. The molecule has 2 atom stereocenters. The van der Waals surface area contributed by atoms with Gasteiger partial charge in [0, 0.05) is 49.8 Å². The van der Waals surface area contributed by atoms with Crippen LogP contribution in [0.4, 0.5) is 0 Å². The first-order valence-electron chi connectivity index (χ1n) is 13.2. The Bertz CT molecular complexity index is 1520. The lowest BCUT2D eigenvalue weighted by Gasteiger charge is -2.24. The Morgan fingerprint density at radius 3 is 2.29 bits per heavy atom. The summed E-state index contributed by atoms with van der Waals surface area (Å²) >= 11 is 1.37. The van der Waals surface area contributed by atoms with Crippen LogP contribution >= 0.6 is 11.3 Å². The molecule has 2 fully saturated rings. The largest absolute Gasteiger partial charge is 0.384 e. The quantitative estimate of drug-likeness (QED) is 0.212. The third kappa shape index (κ3) is 6.59. The van der Waals surface area contributed by atoms with Gasteiger partial charge in [0.05, 0.1) is 32.8 Å². The monoisotopic (exact) mass is 609 g/mol. The van der Waals surface area contributed by atoms with Crippen molar-refractivity contribution in [3.05, 3.63) is 76.0 Å². The number of amidine groups is 1. The molecular weight excluding hydrogens is 578 g/mol. The van der Waals surface area contributed by atoms with Crippen LogP contribution < -0.4 is 16.4 Å². The van der Waals surface area contributed by atoms with Crippen molar-refractivity contribution in [2.24, 2.45) is 5.73 Å². The van der Waals surface area contributed by atoms with Crippen LogP contribution in [0.2, 0.25) is 0 Å². The fourth-order valence-electron chi connectivity index (χ4n) is 4.96. The van der Waals surface area contributed by atoms with Gasteiger partial charge >= 0.3 is 0 Å². The predicted octanol–water partition coefficient (Wildman–Crippen LogP) is 1.83. The summed E-state index contributed by atoms with van der Waals surface area (Å²) in [6.07, 6.45) is 1.80. The Kier molecular flexibility index (Phi) is 8.82. The number of carbonyl (C=O) groups is 3. The van der Waals surface area contributed by atoms with Crippen molar-refractivity contribution in [3.63, 3.8) is 0 Å². The second-order valence-corrected chi connectivity index (χ2v) is 12.4. The van der Waals surface area contributed by atoms with E-state index >= 15 is 0 Å². The van der Waals surface area contributed by atoms with E-state index in [1.807, 2.05) is 24.3 Å². The first-order chi connectivity index (χ1) is 20.1. The molecule has 3 aromatic rings. The molecule has 2 unspecified atom stereocenters. The first kappa shape index (κ1) is 29.6. The summed E-state index contributed by atoms with van der Waals surface area (Å²) in [6, 6.07) is 15.2. The van der Waals surface area contributed by atoms with Gasteiger partial charge in [0.1, 0.15) is 11.9 Å². The van der Waals surface area contributed by atoms with Gasteiger partial charge in [0.2, 0.25) is 11.8 Å². The molecule has 11 nitrogen and oxygen atoms in total. The lowest BCUT2D eigenvalue weighted by Crippen LogP contribution is -2.49. The standard InChI is InChI=1S/C29H31N5O6S2/c1-42(38)23-8-6-19(7-9-23)18-2-4-20(5-3-18)27(36)33-15-25(35)34-17-29(39-10-11-40-29)13-24(34)28(37)32-14-22-12-21(16-41-22)26(30)31/h2-9,12,16,24H,10-11,13-15,17H2,1H3,(H3,30,31)(H,32,37)(H,33,36). The highest BCUT2D eigenvalue weighted by atomic mass is 32.2. The van der Waals surface area contributed by atoms with Crippen LogP contribution in [0.3, 0.4) is 0 Å². The third-order valence-corrected chi connectivity index (χ3v) is 9.07. The summed E-state index contributed by atoms with van der Waals surface area (Å²) in [5, 5.41) is 14.8. The number of rotatable bonds is 9. The molecule has 5 rings (SSSR count). The minimum Gasteiger partial charge on any atom is -0.384 e. The minimum absolute atomic E-state index is 0.0479. The summed E-state index contributed by atoms with van der Waals surface area (Å²) in [5.74, 6) is -2.31. The molecule has 0 aliphatic carbocycles. The highest BCUT2D eigenvalue weighted by Gasteiger charge is 2.52. The van der Waals surface area contributed by atoms with Gasteiger partial charge in [-0.05, 0) is 41.5 Å². The van der Waals surface area contributed by atoms with Gasteiger partial charge < -0.3 is 30.7 Å². The van der Waals surface area contributed by atoms with Crippen LogP contribution in [0.1, 0.15) is 27.2 Å². The van der Waals surface area contributed by atoms with Crippen molar-refractivity contribution >= 4 is 45.7 Å². The van der Waals surface area contributed by atoms with Crippen LogP contribution in [0.15, 0.2) is 64.9 Å². The van der Waals surface area contributed by atoms with E-state index in [2.05, 4.69) is 10.6 Å². The third-order valence-electron chi connectivity index (χ3n) is 7.20. The lowest BCUT2D eigenvalue weighted by molar-refractivity contribution is -0.152. The molecule has 0 saturated carbocycles. The predicted molar refractivity (Wildman–Crippen MR) is 158 cm³/mol. The van der Waals surface area contributed by atoms with Crippen LogP contribution in [-0.2, 0) is 36.4 Å². The van der Waals surface area contributed by atoms with Crippen molar-refractivity contribution in [2.75, 3.05) is 32.6 Å². The van der Waals surface area contributed by atoms with Gasteiger partial charge in [-0.3, -0.25) is 24.0 Å². The maximum Gasteiger partial charge on any atom is 0.251 e. The van der Waals surface area contributed by atoms with Crippen molar-refractivity contribution < 1.29 is 28.1 Å². The number of amides is 3. The van der Waals surface area contributed by atoms with E-state index in [0.717, 1.165) is 20.9 Å². The van der Waals surface area contributed by atoms with E-state index in [0.29, 0.717) is 24.3 Å². The number of nitrogens with zero attached hydrogens (tertiary/aromatic N) is 1. The SMILES string of the molecule is CS(=O)c1ccc(-c2ccc(C(=O)NCC(=O)N3CC4(CC3C(=O)NCc3cc(C(=N)N)cs3)OCCO4)cc2)cc1. The molecule has 5 N–H and O–H groups in total. The Morgan fingerprint density at radius 1 is 1.05 bits per heavy atom. The molecule has 1 spiro atoms. The molecule has 2 aliphatic heterocycles. The smallest absolute Gasteiger partial charge is 0.251 e. The topological polar surface area (TPSA) is 164 Å². The zero-order valence-corrected chi connectivity index (χ0v) is 24.5. The number of hydrogen-bond donors (Lipinski definition) is 4. The summed E-state index contributed by atoms with van der Waals surface area (Å²) in [5.41, 5.74) is 8.31. The number of carbonyl (C=O) groups excluding carboxylic acids is 3. The van der Waals surface area contributed by atoms with Crippen LogP contribution in [0.25, 0.3) is 11.1 Å². The molecule has 3 heterocycles. The molecule has 3 amide bonds. The molecule has 1 aromatic heterocycles. The van der Waals surface area contributed by atoms with E-state index in [1.54, 1.807) is 42.0 Å². The zero-order chi connectivity index (χ0) is 29.9. The summed E-state index contributed by atoms with van der Waals surface area (Å²) in [4.78, 5) is 42.2. The van der Waals surface area contributed by atoms with Gasteiger partial charge in [-0.2, -0.15) is 0 Å². The lowest BCUT2D eigenvalue weighted by atomic mass is 10.0. The molecular formula is C29H31N5O6S2. The van der Waals surface area contributed by atoms with Crippen molar-refractivity contribution in [1.82, 2.24) is 15.5 Å². The molecule has 42 heavy (non-hydrogen) atoms. The van der Waals surface area contributed by atoms with Gasteiger partial charge in [-0.1, -0.05) is 24.3 Å². The maximum absolute atomic E-state index is 13.3. The van der Waals surface area contributed by atoms with E-state index in [1.165, 1.54) is 16.2 Å². The Hall–Kier alpha value is -3.91. The maximum atomic E-state index is 13.3.